The summed E-state index contributed by atoms with van der Waals surface area (Å²) in [5, 5.41) is 18.1. The van der Waals surface area contributed by atoms with Crippen LogP contribution in [0.25, 0.3) is 0 Å². The summed E-state index contributed by atoms with van der Waals surface area (Å²) in [4.78, 5) is 66.3. The molecule has 0 spiro atoms. The molecule has 268 valence electrons. The van der Waals surface area contributed by atoms with Gasteiger partial charge in [-0.3, -0.25) is 24.0 Å². The Morgan fingerprint density at radius 2 is 1.29 bits per heavy atom. The molecule has 1 aliphatic rings. The van der Waals surface area contributed by atoms with E-state index >= 15 is 0 Å². The van der Waals surface area contributed by atoms with Gasteiger partial charge in [-0.1, -0.05) is 74.5 Å². The van der Waals surface area contributed by atoms with Gasteiger partial charge in [-0.05, 0) is 81.4 Å². The molecule has 0 unspecified atom stereocenters. The first kappa shape index (κ1) is 39.3. The molecule has 0 saturated heterocycles. The molecule has 0 aromatic heterocycles. The highest BCUT2D eigenvalue weighted by Crippen LogP contribution is 2.32. The van der Waals surface area contributed by atoms with Crippen LogP contribution in [0.3, 0.4) is 0 Å². The highest BCUT2D eigenvalue weighted by molar-refractivity contribution is 5.96. The van der Waals surface area contributed by atoms with E-state index in [-0.39, 0.29) is 37.4 Å². The van der Waals surface area contributed by atoms with Crippen molar-refractivity contribution < 1.29 is 29.1 Å². The van der Waals surface area contributed by atoms with E-state index in [4.69, 9.17) is 17.2 Å². The molecular weight excluding hydrogens is 624 g/mol. The summed E-state index contributed by atoms with van der Waals surface area (Å²) in [6, 6.07) is 14.8. The first-order chi connectivity index (χ1) is 23.3. The van der Waals surface area contributed by atoms with Crippen LogP contribution in [0, 0.1) is 11.8 Å². The molecule has 3 amide bonds. The molecule has 0 radical (unpaired) electrons. The fraction of sp³-hybridized carbons (Fsp3) is 0.541. The summed E-state index contributed by atoms with van der Waals surface area (Å²) in [6.07, 6.45) is 3.32. The van der Waals surface area contributed by atoms with Crippen molar-refractivity contribution in [2.24, 2.45) is 29.0 Å². The molecule has 0 heterocycles. The number of carboxylic acid groups (broad SMARTS) is 1. The fourth-order valence-electron chi connectivity index (χ4n) is 6.24. The van der Waals surface area contributed by atoms with Gasteiger partial charge in [-0.15, -0.1) is 0 Å². The molecule has 3 rings (SSSR count). The Morgan fingerprint density at radius 1 is 0.776 bits per heavy atom. The fourth-order valence-corrected chi connectivity index (χ4v) is 6.24. The van der Waals surface area contributed by atoms with Crippen LogP contribution in [-0.2, 0) is 36.8 Å². The van der Waals surface area contributed by atoms with Gasteiger partial charge in [0, 0.05) is 12.3 Å². The van der Waals surface area contributed by atoms with Crippen LogP contribution in [0.15, 0.2) is 60.7 Å². The number of carboxylic acids is 1. The number of hydrogen-bond acceptors (Lipinski definition) is 8. The molecule has 4 atom stereocenters. The van der Waals surface area contributed by atoms with E-state index < -0.39 is 59.3 Å². The molecule has 12 nitrogen and oxygen atoms in total. The Labute approximate surface area is 289 Å². The summed E-state index contributed by atoms with van der Waals surface area (Å²) in [7, 11) is 0. The van der Waals surface area contributed by atoms with E-state index in [1.165, 1.54) is 0 Å². The number of hydrogen-bond donors (Lipinski definition) is 7. The minimum Gasteiger partial charge on any atom is -0.480 e. The third-order valence-corrected chi connectivity index (χ3v) is 9.20. The van der Waals surface area contributed by atoms with Crippen molar-refractivity contribution in [3.8, 4) is 0 Å². The average molecular weight is 679 g/mol. The zero-order chi connectivity index (χ0) is 36.0. The topological polar surface area (TPSA) is 220 Å². The second kappa shape index (κ2) is 19.2. The van der Waals surface area contributed by atoms with E-state index in [2.05, 4.69) is 16.0 Å². The molecule has 12 heteroatoms. The highest BCUT2D eigenvalue weighted by Gasteiger charge is 2.42. The van der Waals surface area contributed by atoms with Crippen molar-refractivity contribution in [3.63, 3.8) is 0 Å². The van der Waals surface area contributed by atoms with Gasteiger partial charge in [-0.25, -0.2) is 0 Å². The predicted molar refractivity (Wildman–Crippen MR) is 188 cm³/mol. The Morgan fingerprint density at radius 3 is 1.82 bits per heavy atom. The summed E-state index contributed by atoms with van der Waals surface area (Å²) in [6.45, 7) is 4.28. The van der Waals surface area contributed by atoms with Crippen LogP contribution in [-0.4, -0.2) is 70.8 Å². The van der Waals surface area contributed by atoms with Crippen molar-refractivity contribution in [1.29, 1.82) is 0 Å². The summed E-state index contributed by atoms with van der Waals surface area (Å²) >= 11 is 0. The summed E-state index contributed by atoms with van der Waals surface area (Å²) in [5.74, 6) is -3.23. The van der Waals surface area contributed by atoms with Crippen molar-refractivity contribution in [2.45, 2.75) is 108 Å². The van der Waals surface area contributed by atoms with Gasteiger partial charge in [-0.2, -0.15) is 0 Å². The van der Waals surface area contributed by atoms with Crippen LogP contribution >= 0.6 is 0 Å². The van der Waals surface area contributed by atoms with Crippen molar-refractivity contribution in [1.82, 2.24) is 16.0 Å². The smallest absolute Gasteiger partial charge is 0.323 e. The van der Waals surface area contributed by atoms with Crippen LogP contribution in [0.5, 0.6) is 0 Å². The minimum absolute atomic E-state index is 0.0101. The number of ketones is 1. The standard InChI is InChI=1S/C37H54N6O6/c1-24(2)21-30(34(46)41-29(15-9-10-20-38)32(44)27-16-18-37(40,19-17-27)36(48)49)43-35(47)31(23-26-13-7-4-8-14-26)42-33(45)28(39)22-25-11-5-3-6-12-25/h3-8,11-14,24,27-31H,9-10,15-23,38-40H2,1-2H3,(H,41,46)(H,42,45)(H,43,47)(H,48,49)/t27?,28-,29-,30-,31-,37?/m1/s1. The van der Waals surface area contributed by atoms with Gasteiger partial charge in [0.2, 0.25) is 17.7 Å². The lowest BCUT2D eigenvalue weighted by molar-refractivity contribution is -0.146. The third kappa shape index (κ3) is 12.4. The third-order valence-electron chi connectivity index (χ3n) is 9.20. The van der Waals surface area contributed by atoms with E-state index in [0.29, 0.717) is 45.1 Å². The first-order valence-electron chi connectivity index (χ1n) is 17.3. The zero-order valence-electron chi connectivity index (χ0n) is 28.7. The van der Waals surface area contributed by atoms with Crippen molar-refractivity contribution in [2.75, 3.05) is 6.54 Å². The molecule has 1 aliphatic carbocycles. The molecule has 2 aromatic carbocycles. The number of aliphatic carboxylic acids is 1. The van der Waals surface area contributed by atoms with Crippen LogP contribution in [0.1, 0.15) is 76.3 Å². The van der Waals surface area contributed by atoms with Gasteiger partial charge in [0.1, 0.15) is 17.6 Å². The number of unbranched alkanes of at least 4 members (excludes halogenated alkanes) is 1. The second-order valence-electron chi connectivity index (χ2n) is 13.7. The average Bonchev–Trinajstić information content (AvgIpc) is 3.07. The Hall–Kier alpha value is -4.13. The van der Waals surface area contributed by atoms with E-state index in [0.717, 1.165) is 11.1 Å². The SMILES string of the molecule is CC(C)C[C@@H](NC(=O)[C@@H](Cc1ccccc1)NC(=O)[C@H](N)Cc1ccccc1)C(=O)N[C@H](CCCCN)C(=O)C1CCC(N)(C(=O)O)CC1. The van der Waals surface area contributed by atoms with Gasteiger partial charge < -0.3 is 38.3 Å². The number of benzene rings is 2. The minimum atomic E-state index is -1.36. The van der Waals surface area contributed by atoms with Crippen molar-refractivity contribution >= 4 is 29.5 Å². The molecule has 10 N–H and O–H groups in total. The normalized spacial score (nSPS) is 20.0. The Kier molecular flexibility index (Phi) is 15.4. The van der Waals surface area contributed by atoms with Gasteiger partial charge in [0.15, 0.2) is 5.78 Å². The lowest BCUT2D eigenvalue weighted by atomic mass is 9.74. The maximum absolute atomic E-state index is 13.9. The van der Waals surface area contributed by atoms with Gasteiger partial charge in [0.25, 0.3) is 0 Å². The van der Waals surface area contributed by atoms with Crippen LogP contribution in [0.4, 0.5) is 0 Å². The van der Waals surface area contributed by atoms with E-state index in [1.54, 1.807) is 0 Å². The molecule has 0 bridgehead atoms. The van der Waals surface area contributed by atoms with E-state index in [9.17, 15) is 29.1 Å². The Bertz CT molecular complexity index is 1380. The first-order valence-corrected chi connectivity index (χ1v) is 17.3. The lowest BCUT2D eigenvalue weighted by Gasteiger charge is -2.34. The number of rotatable bonds is 19. The maximum atomic E-state index is 13.9. The molecule has 1 fully saturated rings. The lowest BCUT2D eigenvalue weighted by Crippen LogP contribution is -2.58. The number of carbonyl (C=O) groups excluding carboxylic acids is 4. The monoisotopic (exact) mass is 678 g/mol. The molecular formula is C37H54N6O6. The second-order valence-corrected chi connectivity index (χ2v) is 13.7. The molecule has 0 aliphatic heterocycles. The van der Waals surface area contributed by atoms with Crippen LogP contribution < -0.4 is 33.2 Å². The van der Waals surface area contributed by atoms with Gasteiger partial charge in [0.05, 0.1) is 12.1 Å². The number of nitrogens with two attached hydrogens (primary N) is 3. The van der Waals surface area contributed by atoms with Gasteiger partial charge >= 0.3 is 5.97 Å². The largest absolute Gasteiger partial charge is 0.480 e. The van der Waals surface area contributed by atoms with E-state index in [1.807, 2.05) is 74.5 Å². The highest BCUT2D eigenvalue weighted by atomic mass is 16.4. The zero-order valence-corrected chi connectivity index (χ0v) is 28.7. The number of Topliss-reactive ketones (excluding diaryl/α,β-unsaturated/α-hetero) is 1. The predicted octanol–water partition coefficient (Wildman–Crippen LogP) is 1.97. The molecule has 1 saturated carbocycles. The quantitative estimate of drug-likeness (QED) is 0.108. The number of carbonyl (C=O) groups is 5. The van der Waals surface area contributed by atoms with Crippen molar-refractivity contribution in [3.05, 3.63) is 71.8 Å². The molecule has 2 aromatic rings. The Balaban J connectivity index is 1.77. The number of nitrogens with one attached hydrogen (secondary N) is 3. The number of amides is 3. The summed E-state index contributed by atoms with van der Waals surface area (Å²) in [5.41, 5.74) is 18.3. The summed E-state index contributed by atoms with van der Waals surface area (Å²) < 4.78 is 0. The maximum Gasteiger partial charge on any atom is 0.323 e. The van der Waals surface area contributed by atoms with Crippen LogP contribution in [0.2, 0.25) is 0 Å². The molecule has 49 heavy (non-hydrogen) atoms.